The monoisotopic (exact) mass is 369 g/mol. The number of fused-ring (bicyclic) bond motifs is 1. The largest absolute Gasteiger partial charge is 0.465 e. The number of aromatic nitrogens is 2. The third-order valence-corrected chi connectivity index (χ3v) is 4.31. The van der Waals surface area contributed by atoms with Crippen LogP contribution >= 0.6 is 27.5 Å². The number of hydrogen-bond donors (Lipinski definition) is 2. The summed E-state index contributed by atoms with van der Waals surface area (Å²) in [5, 5.41) is 9.38. The topological polar surface area (TPSA) is 86.3 Å². The van der Waals surface area contributed by atoms with Crippen LogP contribution in [0.5, 0.6) is 0 Å². The molecule has 0 bridgehead atoms. The number of rotatable bonds is 1. The van der Waals surface area contributed by atoms with E-state index in [0.717, 1.165) is 10.5 Å². The maximum absolute atomic E-state index is 12.2. The standard InChI is InChI=1S/C13H9BrClN3O3/c14-10-9-7(2-4-18(12(9)19)13(20)21)17-11(10)6-1-3-16-8(15)5-6/h1,3,5,17H,2,4H2,(H,20,21). The van der Waals surface area contributed by atoms with Crippen molar-refractivity contribution in [2.75, 3.05) is 6.54 Å². The van der Waals surface area contributed by atoms with Crippen LogP contribution < -0.4 is 0 Å². The molecular weight excluding hydrogens is 362 g/mol. The van der Waals surface area contributed by atoms with E-state index in [1.165, 1.54) is 0 Å². The van der Waals surface area contributed by atoms with Gasteiger partial charge in [-0.25, -0.2) is 14.7 Å². The SMILES string of the molecule is O=C(O)N1CCc2[nH]c(-c3ccnc(Cl)c3)c(Br)c2C1=O. The summed E-state index contributed by atoms with van der Waals surface area (Å²) in [6.45, 7) is 0.144. The number of carbonyl (C=O) groups excluding carboxylic acids is 1. The van der Waals surface area contributed by atoms with Crippen LogP contribution in [0.2, 0.25) is 5.15 Å². The average Bonchev–Trinajstić information content (AvgIpc) is 2.77. The van der Waals surface area contributed by atoms with E-state index in [1.807, 2.05) is 0 Å². The second kappa shape index (κ2) is 5.16. The molecule has 21 heavy (non-hydrogen) atoms. The summed E-state index contributed by atoms with van der Waals surface area (Å²) in [5.41, 5.74) is 2.52. The molecule has 8 heteroatoms. The van der Waals surface area contributed by atoms with Gasteiger partial charge in [-0.1, -0.05) is 11.6 Å². The Hall–Kier alpha value is -1.86. The van der Waals surface area contributed by atoms with E-state index >= 15 is 0 Å². The van der Waals surface area contributed by atoms with Gasteiger partial charge in [0.2, 0.25) is 0 Å². The van der Waals surface area contributed by atoms with Crippen molar-refractivity contribution < 1.29 is 14.7 Å². The number of hydrogen-bond acceptors (Lipinski definition) is 3. The van der Waals surface area contributed by atoms with Crippen molar-refractivity contribution in [2.24, 2.45) is 0 Å². The quantitative estimate of drug-likeness (QED) is 0.755. The van der Waals surface area contributed by atoms with Gasteiger partial charge >= 0.3 is 6.09 Å². The fourth-order valence-corrected chi connectivity index (χ4v) is 3.25. The fraction of sp³-hybridized carbons (Fsp3) is 0.154. The van der Waals surface area contributed by atoms with E-state index in [9.17, 15) is 9.59 Å². The number of amides is 2. The first kappa shape index (κ1) is 14.1. The minimum atomic E-state index is -1.24. The Morgan fingerprint density at radius 1 is 1.52 bits per heavy atom. The minimum Gasteiger partial charge on any atom is -0.465 e. The first-order valence-electron chi connectivity index (χ1n) is 6.06. The van der Waals surface area contributed by atoms with Crippen LogP contribution in [-0.4, -0.2) is 38.5 Å². The second-order valence-corrected chi connectivity index (χ2v) is 5.70. The predicted octanol–water partition coefficient (Wildman–Crippen LogP) is 3.17. The molecule has 0 fully saturated rings. The molecule has 6 nitrogen and oxygen atoms in total. The summed E-state index contributed by atoms with van der Waals surface area (Å²) in [7, 11) is 0. The minimum absolute atomic E-state index is 0.144. The Labute approximate surface area is 132 Å². The lowest BCUT2D eigenvalue weighted by atomic mass is 10.1. The number of H-pyrrole nitrogens is 1. The number of carboxylic acid groups (broad SMARTS) is 1. The predicted molar refractivity (Wildman–Crippen MR) is 79.5 cm³/mol. The summed E-state index contributed by atoms with van der Waals surface area (Å²) >= 11 is 9.25. The molecule has 0 atom stereocenters. The maximum Gasteiger partial charge on any atom is 0.414 e. The van der Waals surface area contributed by atoms with Crippen molar-refractivity contribution in [1.82, 2.24) is 14.9 Å². The zero-order valence-corrected chi connectivity index (χ0v) is 12.9. The number of nitrogens with zero attached hydrogens (tertiary/aromatic N) is 2. The van der Waals surface area contributed by atoms with Crippen LogP contribution in [0.3, 0.4) is 0 Å². The molecule has 2 N–H and O–H groups in total. The van der Waals surface area contributed by atoms with Crippen LogP contribution in [0.1, 0.15) is 16.1 Å². The second-order valence-electron chi connectivity index (χ2n) is 4.52. The Bertz CT molecular complexity index is 759. The number of nitrogens with one attached hydrogen (secondary N) is 1. The maximum atomic E-state index is 12.2. The molecule has 0 aromatic carbocycles. The first-order chi connectivity index (χ1) is 9.99. The van der Waals surface area contributed by atoms with Crippen LogP contribution in [0.4, 0.5) is 4.79 Å². The van der Waals surface area contributed by atoms with E-state index in [0.29, 0.717) is 33.0 Å². The van der Waals surface area contributed by atoms with Gasteiger partial charge in [0.1, 0.15) is 5.15 Å². The molecule has 0 aliphatic carbocycles. The zero-order chi connectivity index (χ0) is 15.1. The molecule has 2 amide bonds. The molecule has 0 unspecified atom stereocenters. The summed E-state index contributed by atoms with van der Waals surface area (Å²) in [4.78, 5) is 31.2. The van der Waals surface area contributed by atoms with Crippen molar-refractivity contribution in [3.63, 3.8) is 0 Å². The summed E-state index contributed by atoms with van der Waals surface area (Å²) in [5.74, 6) is -0.529. The summed E-state index contributed by atoms with van der Waals surface area (Å²) < 4.78 is 0.538. The van der Waals surface area contributed by atoms with Crippen LogP contribution in [0, 0.1) is 0 Å². The fourth-order valence-electron chi connectivity index (χ4n) is 2.34. The van der Waals surface area contributed by atoms with Gasteiger partial charge in [-0.3, -0.25) is 4.79 Å². The van der Waals surface area contributed by atoms with Gasteiger partial charge < -0.3 is 10.1 Å². The summed E-state index contributed by atoms with van der Waals surface area (Å²) in [6.07, 6.45) is 0.771. The number of pyridine rings is 1. The molecule has 0 saturated carbocycles. The highest BCUT2D eigenvalue weighted by Crippen LogP contribution is 2.36. The lowest BCUT2D eigenvalue weighted by molar-refractivity contribution is 0.0726. The number of halogens is 2. The normalized spacial score (nSPS) is 14.2. The first-order valence-corrected chi connectivity index (χ1v) is 7.23. The zero-order valence-electron chi connectivity index (χ0n) is 10.6. The highest BCUT2D eigenvalue weighted by molar-refractivity contribution is 9.10. The molecule has 1 aliphatic rings. The highest BCUT2D eigenvalue weighted by Gasteiger charge is 2.33. The van der Waals surface area contributed by atoms with Gasteiger partial charge in [-0.05, 0) is 28.1 Å². The molecular formula is C13H9BrClN3O3. The van der Waals surface area contributed by atoms with Crippen LogP contribution in [0.15, 0.2) is 22.8 Å². The number of aromatic amines is 1. The van der Waals surface area contributed by atoms with Crippen LogP contribution in [0.25, 0.3) is 11.3 Å². The van der Waals surface area contributed by atoms with Gasteiger partial charge in [0.25, 0.3) is 5.91 Å². The third kappa shape index (κ3) is 2.32. The van der Waals surface area contributed by atoms with Crippen molar-refractivity contribution in [3.05, 3.63) is 39.2 Å². The van der Waals surface area contributed by atoms with E-state index in [4.69, 9.17) is 16.7 Å². The highest BCUT2D eigenvalue weighted by atomic mass is 79.9. The Balaban J connectivity index is 2.11. The molecule has 1 aliphatic heterocycles. The van der Waals surface area contributed by atoms with E-state index in [2.05, 4.69) is 25.9 Å². The lowest BCUT2D eigenvalue weighted by Crippen LogP contribution is -2.41. The van der Waals surface area contributed by atoms with Crippen molar-refractivity contribution in [3.8, 4) is 11.3 Å². The third-order valence-electron chi connectivity index (χ3n) is 3.31. The summed E-state index contributed by atoms with van der Waals surface area (Å²) in [6, 6.07) is 3.43. The van der Waals surface area contributed by atoms with Crippen molar-refractivity contribution in [2.45, 2.75) is 6.42 Å². The van der Waals surface area contributed by atoms with Crippen LogP contribution in [-0.2, 0) is 6.42 Å². The lowest BCUT2D eigenvalue weighted by Gasteiger charge is -2.22. The van der Waals surface area contributed by atoms with Gasteiger partial charge in [-0.2, -0.15) is 0 Å². The molecule has 2 aromatic rings. The molecule has 0 spiro atoms. The van der Waals surface area contributed by atoms with Crippen molar-refractivity contribution in [1.29, 1.82) is 0 Å². The van der Waals surface area contributed by atoms with Gasteiger partial charge in [0.05, 0.1) is 15.7 Å². The molecule has 0 saturated heterocycles. The molecule has 0 radical (unpaired) electrons. The Morgan fingerprint density at radius 2 is 2.29 bits per heavy atom. The number of carbonyl (C=O) groups is 2. The molecule has 108 valence electrons. The van der Waals surface area contributed by atoms with Gasteiger partial charge in [0.15, 0.2) is 0 Å². The van der Waals surface area contributed by atoms with E-state index < -0.39 is 12.0 Å². The Kier molecular flexibility index (Phi) is 3.46. The smallest absolute Gasteiger partial charge is 0.414 e. The Morgan fingerprint density at radius 3 is 2.95 bits per heavy atom. The van der Waals surface area contributed by atoms with E-state index in [1.54, 1.807) is 18.3 Å². The molecule has 3 heterocycles. The van der Waals surface area contributed by atoms with E-state index in [-0.39, 0.29) is 6.54 Å². The van der Waals surface area contributed by atoms with Gasteiger partial charge in [0, 0.05) is 30.4 Å². The average molecular weight is 371 g/mol. The van der Waals surface area contributed by atoms with Crippen molar-refractivity contribution >= 4 is 39.5 Å². The number of imide groups is 1. The molecule has 2 aromatic heterocycles. The molecule has 3 rings (SSSR count). The van der Waals surface area contributed by atoms with Gasteiger partial charge in [-0.15, -0.1) is 0 Å².